The number of nitrogens with zero attached hydrogens (tertiary/aromatic N) is 1. The van der Waals surface area contributed by atoms with Crippen molar-refractivity contribution in [3.63, 3.8) is 0 Å². The second kappa shape index (κ2) is 10.8. The third-order valence-corrected chi connectivity index (χ3v) is 5.48. The van der Waals surface area contributed by atoms with Gasteiger partial charge in [-0.1, -0.05) is 18.2 Å². The molecule has 1 amide bonds. The van der Waals surface area contributed by atoms with E-state index in [1.165, 1.54) is 6.07 Å². The Kier molecular flexibility index (Phi) is 8.15. The molecule has 0 spiro atoms. The van der Waals surface area contributed by atoms with Crippen molar-refractivity contribution in [2.45, 2.75) is 12.8 Å². The minimum Gasteiger partial charge on any atom is -0.456 e. The number of nitrogens with two attached hydrogens (primary N) is 1. The number of ketones is 1. The number of benzene rings is 3. The molecular formula is C25H23F2IN2O3. The minimum absolute atomic E-state index is 0.0246. The maximum absolute atomic E-state index is 14.4. The summed E-state index contributed by atoms with van der Waals surface area (Å²) < 4.78 is 35.3. The summed E-state index contributed by atoms with van der Waals surface area (Å²) in [6.45, 7) is 0.305. The van der Waals surface area contributed by atoms with Crippen molar-refractivity contribution in [2.24, 2.45) is 5.73 Å². The summed E-state index contributed by atoms with van der Waals surface area (Å²) in [5.41, 5.74) is 6.81. The molecule has 3 aromatic carbocycles. The second-order valence-corrected chi connectivity index (χ2v) is 9.16. The van der Waals surface area contributed by atoms with Gasteiger partial charge in [-0.2, -0.15) is 0 Å². The normalized spacial score (nSPS) is 11.0. The Balaban J connectivity index is 1.93. The first kappa shape index (κ1) is 24.8. The molecule has 3 rings (SSSR count). The zero-order chi connectivity index (χ0) is 24.1. The molecule has 0 aliphatic carbocycles. The third-order valence-electron chi connectivity index (χ3n) is 4.81. The highest BCUT2D eigenvalue weighted by Crippen LogP contribution is 2.31. The molecule has 0 aliphatic heterocycles. The van der Waals surface area contributed by atoms with Gasteiger partial charge in [-0.05, 0) is 83.7 Å². The van der Waals surface area contributed by atoms with E-state index < -0.39 is 17.5 Å². The number of hydrogen-bond acceptors (Lipinski definition) is 4. The monoisotopic (exact) mass is 564 g/mol. The van der Waals surface area contributed by atoms with Gasteiger partial charge < -0.3 is 15.4 Å². The first-order valence-corrected chi connectivity index (χ1v) is 11.2. The van der Waals surface area contributed by atoms with Crippen LogP contribution in [0.5, 0.6) is 11.5 Å². The smallest absolute Gasteiger partial charge is 0.252 e. The first-order chi connectivity index (χ1) is 15.6. The zero-order valence-electron chi connectivity index (χ0n) is 18.2. The summed E-state index contributed by atoms with van der Waals surface area (Å²) in [5.74, 6) is -1.64. The molecule has 0 saturated carbocycles. The summed E-state index contributed by atoms with van der Waals surface area (Å²) in [4.78, 5) is 26.2. The van der Waals surface area contributed by atoms with E-state index >= 15 is 0 Å². The Morgan fingerprint density at radius 2 is 1.79 bits per heavy atom. The predicted molar refractivity (Wildman–Crippen MR) is 131 cm³/mol. The fraction of sp³-hybridized carbons (Fsp3) is 0.200. The number of amides is 1. The van der Waals surface area contributed by atoms with E-state index in [2.05, 4.69) is 0 Å². The molecule has 0 radical (unpaired) electrons. The average molecular weight is 564 g/mol. The number of ether oxygens (including phenoxy) is 1. The van der Waals surface area contributed by atoms with Crippen LogP contribution in [0, 0.1) is 15.2 Å². The van der Waals surface area contributed by atoms with Crippen LogP contribution in [0.2, 0.25) is 0 Å². The van der Waals surface area contributed by atoms with Crippen molar-refractivity contribution >= 4 is 34.3 Å². The van der Waals surface area contributed by atoms with Crippen LogP contribution in [-0.4, -0.2) is 37.2 Å². The molecule has 0 aliphatic rings. The molecule has 0 heterocycles. The van der Waals surface area contributed by atoms with Crippen molar-refractivity contribution < 1.29 is 23.1 Å². The van der Waals surface area contributed by atoms with Crippen molar-refractivity contribution in [1.82, 2.24) is 4.90 Å². The standard InChI is InChI=1S/C25H23F2IN2O3/c1-30(2)14-20(31)8-15-4-3-5-21(9-15)33-23-12-18(26)11-17(24(23)25(29)32)10-16-6-7-19(28)13-22(16)27/h3-7,9,11-13H,8,10,14H2,1-2H3,(H2,29,32). The maximum Gasteiger partial charge on any atom is 0.252 e. The van der Waals surface area contributed by atoms with Crippen molar-refractivity contribution in [1.29, 1.82) is 0 Å². The molecule has 172 valence electrons. The summed E-state index contributed by atoms with van der Waals surface area (Å²) in [7, 11) is 3.62. The van der Waals surface area contributed by atoms with Crippen LogP contribution < -0.4 is 10.5 Å². The van der Waals surface area contributed by atoms with Gasteiger partial charge in [-0.3, -0.25) is 9.59 Å². The van der Waals surface area contributed by atoms with Gasteiger partial charge in [-0.15, -0.1) is 0 Å². The van der Waals surface area contributed by atoms with Gasteiger partial charge in [0.1, 0.15) is 23.1 Å². The van der Waals surface area contributed by atoms with Crippen molar-refractivity contribution in [2.75, 3.05) is 20.6 Å². The van der Waals surface area contributed by atoms with Crippen LogP contribution in [0.25, 0.3) is 0 Å². The van der Waals surface area contributed by atoms with Gasteiger partial charge in [0.15, 0.2) is 5.78 Å². The molecule has 2 N–H and O–H groups in total. The highest BCUT2D eigenvalue weighted by atomic mass is 127. The van der Waals surface area contributed by atoms with E-state index in [9.17, 15) is 18.4 Å². The second-order valence-electron chi connectivity index (χ2n) is 7.92. The van der Waals surface area contributed by atoms with E-state index in [4.69, 9.17) is 10.5 Å². The van der Waals surface area contributed by atoms with E-state index in [0.29, 0.717) is 17.9 Å². The van der Waals surface area contributed by atoms with Gasteiger partial charge in [0.25, 0.3) is 5.91 Å². The van der Waals surface area contributed by atoms with Crippen LogP contribution in [-0.2, 0) is 17.6 Å². The third kappa shape index (κ3) is 6.82. The number of rotatable bonds is 9. The van der Waals surface area contributed by atoms with Crippen molar-refractivity contribution in [3.05, 3.63) is 92.1 Å². The number of primary amides is 1. The Bertz CT molecular complexity index is 1200. The first-order valence-electron chi connectivity index (χ1n) is 10.1. The number of halogens is 3. The fourth-order valence-corrected chi connectivity index (χ4v) is 3.94. The number of carbonyl (C=O) groups excluding carboxylic acids is 2. The minimum atomic E-state index is -0.816. The molecule has 0 saturated heterocycles. The van der Waals surface area contributed by atoms with E-state index in [-0.39, 0.29) is 35.5 Å². The van der Waals surface area contributed by atoms with E-state index in [1.54, 1.807) is 41.3 Å². The van der Waals surface area contributed by atoms with Gasteiger partial charge >= 0.3 is 0 Å². The Hall–Kier alpha value is -2.85. The molecule has 8 heteroatoms. The quantitative estimate of drug-likeness (QED) is 0.382. The number of Topliss-reactive ketones (excluding diaryl/α,β-unsaturated/α-hetero) is 1. The lowest BCUT2D eigenvalue weighted by Crippen LogP contribution is -2.22. The van der Waals surface area contributed by atoms with Crippen LogP contribution in [0.1, 0.15) is 27.0 Å². The van der Waals surface area contributed by atoms with Crippen LogP contribution in [0.3, 0.4) is 0 Å². The summed E-state index contributed by atoms with van der Waals surface area (Å²) in [6.07, 6.45) is 0.173. The van der Waals surface area contributed by atoms with Gasteiger partial charge in [-0.25, -0.2) is 8.78 Å². The highest BCUT2D eigenvalue weighted by molar-refractivity contribution is 14.1. The molecule has 0 aromatic heterocycles. The lowest BCUT2D eigenvalue weighted by molar-refractivity contribution is -0.119. The molecule has 0 bridgehead atoms. The lowest BCUT2D eigenvalue weighted by Gasteiger charge is -2.15. The Morgan fingerprint density at radius 1 is 1.03 bits per heavy atom. The van der Waals surface area contributed by atoms with Crippen LogP contribution in [0.15, 0.2) is 54.6 Å². The Labute approximate surface area is 204 Å². The van der Waals surface area contributed by atoms with Gasteiger partial charge in [0.05, 0.1) is 12.1 Å². The molecule has 0 atom stereocenters. The highest BCUT2D eigenvalue weighted by Gasteiger charge is 2.20. The Morgan fingerprint density at radius 3 is 2.45 bits per heavy atom. The SMILES string of the molecule is CN(C)CC(=O)Cc1cccc(Oc2cc(F)cc(Cc3ccc(I)cc3F)c2C(N)=O)c1. The average Bonchev–Trinajstić information content (AvgIpc) is 2.69. The van der Waals surface area contributed by atoms with E-state index in [1.807, 2.05) is 36.7 Å². The molecule has 0 fully saturated rings. The van der Waals surface area contributed by atoms with Gasteiger partial charge in [0.2, 0.25) is 0 Å². The van der Waals surface area contributed by atoms with E-state index in [0.717, 1.165) is 21.3 Å². The molecule has 0 unspecified atom stereocenters. The number of likely N-dealkylation sites (N-methyl/N-ethyl adjacent to an activating group) is 1. The summed E-state index contributed by atoms with van der Waals surface area (Å²) in [5, 5.41) is 0. The molecule has 33 heavy (non-hydrogen) atoms. The number of carbonyl (C=O) groups is 2. The summed E-state index contributed by atoms with van der Waals surface area (Å²) >= 11 is 1.99. The maximum atomic E-state index is 14.4. The zero-order valence-corrected chi connectivity index (χ0v) is 20.4. The lowest BCUT2D eigenvalue weighted by atomic mass is 9.98. The molecular weight excluding hydrogens is 541 g/mol. The molecule has 5 nitrogen and oxygen atoms in total. The van der Waals surface area contributed by atoms with Gasteiger partial charge in [0, 0.05) is 22.5 Å². The largest absolute Gasteiger partial charge is 0.456 e. The molecule has 3 aromatic rings. The number of hydrogen-bond donors (Lipinski definition) is 1. The van der Waals surface area contributed by atoms with Crippen LogP contribution in [0.4, 0.5) is 8.78 Å². The topological polar surface area (TPSA) is 72.6 Å². The van der Waals surface area contributed by atoms with Crippen molar-refractivity contribution in [3.8, 4) is 11.5 Å². The predicted octanol–water partition coefficient (Wildman–Crippen LogP) is 4.72. The fourth-order valence-electron chi connectivity index (χ4n) is 3.49. The van der Waals surface area contributed by atoms with Crippen LogP contribution >= 0.6 is 22.6 Å². The summed E-state index contributed by atoms with van der Waals surface area (Å²) in [6, 6.07) is 13.7.